The third-order valence-electron chi connectivity index (χ3n) is 7.64. The van der Waals surface area contributed by atoms with Gasteiger partial charge in [0.1, 0.15) is 0 Å². The molecule has 2 saturated carbocycles. The van der Waals surface area contributed by atoms with Crippen molar-refractivity contribution in [2.45, 2.75) is 77.1 Å². The number of hydrogen-bond acceptors (Lipinski definition) is 3. The Hall–Kier alpha value is -0.380. The van der Waals surface area contributed by atoms with Gasteiger partial charge in [-0.25, -0.2) is 0 Å². The smallest absolute Gasteiger partial charge is 0.0622 e. The van der Waals surface area contributed by atoms with Gasteiger partial charge < -0.3 is 15.3 Å². The number of allylic oxidation sites excluding steroid dienone is 1. The fraction of sp³-hybridized carbons (Fsp3) is 0.895. The highest BCUT2D eigenvalue weighted by Crippen LogP contribution is 2.62. The molecule has 0 aromatic heterocycles. The Morgan fingerprint density at radius 2 is 1.86 bits per heavy atom. The molecule has 0 heterocycles. The van der Waals surface area contributed by atoms with Crippen molar-refractivity contribution in [1.82, 2.24) is 0 Å². The van der Waals surface area contributed by atoms with Gasteiger partial charge in [0.05, 0.1) is 18.3 Å². The SMILES string of the molecule is CC1CC2C3C(CC[C@]2(C)[C@H]1O)C1=C(C[C@@H](O)CC1)C[C@@H]3O. The Balaban J connectivity index is 1.69. The molecule has 3 nitrogen and oxygen atoms in total. The van der Waals surface area contributed by atoms with Gasteiger partial charge in [-0.2, -0.15) is 0 Å². The molecule has 3 N–H and O–H groups in total. The van der Waals surface area contributed by atoms with E-state index in [1.807, 2.05) is 0 Å². The lowest BCUT2D eigenvalue weighted by Crippen LogP contribution is -2.50. The minimum Gasteiger partial charge on any atom is -0.393 e. The molecule has 0 bridgehead atoms. The number of hydrogen-bond donors (Lipinski definition) is 3. The van der Waals surface area contributed by atoms with Crippen LogP contribution in [0.2, 0.25) is 0 Å². The first-order valence-electron chi connectivity index (χ1n) is 9.17. The molecule has 2 fully saturated rings. The first-order chi connectivity index (χ1) is 10.4. The maximum absolute atomic E-state index is 10.9. The zero-order valence-electron chi connectivity index (χ0n) is 13.8. The average molecular weight is 306 g/mol. The minimum atomic E-state index is -0.281. The molecule has 0 aliphatic heterocycles. The van der Waals surface area contributed by atoms with E-state index in [1.54, 1.807) is 5.57 Å². The number of fused-ring (bicyclic) bond motifs is 4. The van der Waals surface area contributed by atoms with Crippen molar-refractivity contribution < 1.29 is 15.3 Å². The van der Waals surface area contributed by atoms with Crippen LogP contribution in [0.3, 0.4) is 0 Å². The molecule has 3 heteroatoms. The largest absolute Gasteiger partial charge is 0.393 e. The van der Waals surface area contributed by atoms with E-state index in [4.69, 9.17) is 0 Å². The Morgan fingerprint density at radius 3 is 2.64 bits per heavy atom. The van der Waals surface area contributed by atoms with Crippen LogP contribution in [-0.2, 0) is 0 Å². The van der Waals surface area contributed by atoms with Gasteiger partial charge in [-0.05, 0) is 74.0 Å². The van der Waals surface area contributed by atoms with E-state index in [9.17, 15) is 15.3 Å². The summed E-state index contributed by atoms with van der Waals surface area (Å²) in [5.41, 5.74) is 2.91. The maximum Gasteiger partial charge on any atom is 0.0622 e. The first-order valence-corrected chi connectivity index (χ1v) is 9.17. The Kier molecular flexibility index (Phi) is 3.49. The summed E-state index contributed by atoms with van der Waals surface area (Å²) in [5.74, 6) is 1.63. The van der Waals surface area contributed by atoms with E-state index in [-0.39, 0.29) is 23.7 Å². The van der Waals surface area contributed by atoms with Crippen LogP contribution in [0, 0.1) is 29.1 Å². The van der Waals surface area contributed by atoms with Crippen molar-refractivity contribution in [2.75, 3.05) is 0 Å². The second-order valence-corrected chi connectivity index (χ2v) is 8.79. The van der Waals surface area contributed by atoms with Crippen molar-refractivity contribution in [2.24, 2.45) is 29.1 Å². The first kappa shape index (κ1) is 15.2. The molecule has 8 atom stereocenters. The molecular formula is C19H30O3. The lowest BCUT2D eigenvalue weighted by molar-refractivity contribution is -0.0775. The van der Waals surface area contributed by atoms with Gasteiger partial charge in [-0.1, -0.05) is 25.0 Å². The second kappa shape index (κ2) is 5.06. The fourth-order valence-corrected chi connectivity index (χ4v) is 6.55. The third kappa shape index (κ3) is 1.98. The van der Waals surface area contributed by atoms with Gasteiger partial charge in [-0.15, -0.1) is 0 Å². The van der Waals surface area contributed by atoms with Crippen LogP contribution in [0.4, 0.5) is 0 Å². The van der Waals surface area contributed by atoms with Crippen molar-refractivity contribution in [3.8, 4) is 0 Å². The molecule has 0 saturated heterocycles. The van der Waals surface area contributed by atoms with Gasteiger partial charge in [0.2, 0.25) is 0 Å². The van der Waals surface area contributed by atoms with E-state index < -0.39 is 0 Å². The van der Waals surface area contributed by atoms with Crippen LogP contribution in [0.5, 0.6) is 0 Å². The summed E-state index contributed by atoms with van der Waals surface area (Å²) in [5, 5.41) is 31.5. The lowest BCUT2D eigenvalue weighted by atomic mass is 9.53. The fourth-order valence-electron chi connectivity index (χ4n) is 6.55. The normalized spacial score (nSPS) is 54.7. The third-order valence-corrected chi connectivity index (χ3v) is 7.64. The van der Waals surface area contributed by atoms with E-state index in [1.165, 1.54) is 5.57 Å². The van der Waals surface area contributed by atoms with E-state index >= 15 is 0 Å². The van der Waals surface area contributed by atoms with Crippen LogP contribution < -0.4 is 0 Å². The van der Waals surface area contributed by atoms with E-state index in [0.717, 1.165) is 44.9 Å². The van der Waals surface area contributed by atoms with E-state index in [0.29, 0.717) is 23.7 Å². The zero-order valence-corrected chi connectivity index (χ0v) is 13.8. The predicted molar refractivity (Wildman–Crippen MR) is 85.1 cm³/mol. The molecule has 124 valence electrons. The van der Waals surface area contributed by atoms with Crippen molar-refractivity contribution in [3.05, 3.63) is 11.1 Å². The van der Waals surface area contributed by atoms with Crippen LogP contribution in [0.1, 0.15) is 58.8 Å². The summed E-state index contributed by atoms with van der Waals surface area (Å²) >= 11 is 0. The molecule has 0 aromatic rings. The topological polar surface area (TPSA) is 60.7 Å². The number of aliphatic hydroxyl groups is 3. The van der Waals surface area contributed by atoms with Crippen LogP contribution in [0.25, 0.3) is 0 Å². The quantitative estimate of drug-likeness (QED) is 0.603. The molecule has 0 spiro atoms. The zero-order chi connectivity index (χ0) is 15.6. The Labute approximate surface area is 133 Å². The molecule has 22 heavy (non-hydrogen) atoms. The minimum absolute atomic E-state index is 0.00614. The highest BCUT2D eigenvalue weighted by atomic mass is 16.3. The number of aliphatic hydroxyl groups excluding tert-OH is 3. The monoisotopic (exact) mass is 306 g/mol. The van der Waals surface area contributed by atoms with Gasteiger partial charge in [0.15, 0.2) is 0 Å². The van der Waals surface area contributed by atoms with Crippen LogP contribution in [0.15, 0.2) is 11.1 Å². The highest BCUT2D eigenvalue weighted by Gasteiger charge is 2.59. The molecule has 0 amide bonds. The van der Waals surface area contributed by atoms with Gasteiger partial charge in [0, 0.05) is 0 Å². The van der Waals surface area contributed by atoms with Gasteiger partial charge in [-0.3, -0.25) is 0 Å². The Bertz CT molecular complexity index is 499. The summed E-state index contributed by atoms with van der Waals surface area (Å²) < 4.78 is 0. The van der Waals surface area contributed by atoms with Gasteiger partial charge >= 0.3 is 0 Å². The van der Waals surface area contributed by atoms with Crippen molar-refractivity contribution in [3.63, 3.8) is 0 Å². The second-order valence-electron chi connectivity index (χ2n) is 8.79. The van der Waals surface area contributed by atoms with E-state index in [2.05, 4.69) is 13.8 Å². The van der Waals surface area contributed by atoms with Crippen LogP contribution >= 0.6 is 0 Å². The average Bonchev–Trinajstić information content (AvgIpc) is 2.70. The van der Waals surface area contributed by atoms with Crippen molar-refractivity contribution in [1.29, 1.82) is 0 Å². The number of rotatable bonds is 0. The summed E-state index contributed by atoms with van der Waals surface area (Å²) in [6.45, 7) is 4.42. The summed E-state index contributed by atoms with van der Waals surface area (Å²) in [6.07, 6.45) is 5.98. The molecular weight excluding hydrogens is 276 g/mol. The maximum atomic E-state index is 10.9. The molecule has 4 unspecified atom stereocenters. The molecule has 4 aliphatic rings. The lowest BCUT2D eigenvalue weighted by Gasteiger charge is -2.53. The summed E-state index contributed by atoms with van der Waals surface area (Å²) in [4.78, 5) is 0. The predicted octanol–water partition coefficient (Wildman–Crippen LogP) is 2.64. The standard InChI is InChI=1S/C19H30O3/c1-10-7-15-17-14(5-6-19(15,2)18(10)22)13-4-3-12(20)8-11(13)9-16(17)21/h10,12,14-18,20-22H,3-9H2,1-2H3/t10?,12-,14?,15?,16-,17?,18-,19-/m0/s1. The molecule has 4 rings (SSSR count). The Morgan fingerprint density at radius 1 is 1.09 bits per heavy atom. The van der Waals surface area contributed by atoms with Gasteiger partial charge in [0.25, 0.3) is 0 Å². The molecule has 4 aliphatic carbocycles. The van der Waals surface area contributed by atoms with Crippen LogP contribution in [-0.4, -0.2) is 33.6 Å². The van der Waals surface area contributed by atoms with Crippen molar-refractivity contribution >= 4 is 0 Å². The summed E-state index contributed by atoms with van der Waals surface area (Å²) in [6, 6.07) is 0. The molecule has 0 aromatic carbocycles. The summed E-state index contributed by atoms with van der Waals surface area (Å²) in [7, 11) is 0. The molecule has 0 radical (unpaired) electrons. The highest BCUT2D eigenvalue weighted by molar-refractivity contribution is 5.29.